The number of hydrogen-bond donors (Lipinski definition) is 0. The summed E-state index contributed by atoms with van der Waals surface area (Å²) in [5.74, 6) is 0. The molecule has 6 heteroatoms. The zero-order valence-corrected chi connectivity index (χ0v) is 14.8. The van der Waals surface area contributed by atoms with E-state index in [-0.39, 0.29) is 4.87 Å². The summed E-state index contributed by atoms with van der Waals surface area (Å²) in [6, 6.07) is 9.98. The van der Waals surface area contributed by atoms with Crippen LogP contribution in [0, 0.1) is 18.3 Å². The predicted molar refractivity (Wildman–Crippen MR) is 97.7 cm³/mol. The van der Waals surface area contributed by atoms with Gasteiger partial charge < -0.3 is 9.47 Å². The summed E-state index contributed by atoms with van der Waals surface area (Å²) in [5.41, 5.74) is 2.94. The van der Waals surface area contributed by atoms with Crippen molar-refractivity contribution in [2.24, 2.45) is 0 Å². The minimum absolute atomic E-state index is 0.140. The van der Waals surface area contributed by atoms with E-state index in [4.69, 9.17) is 5.26 Å². The maximum absolute atomic E-state index is 11.8. The number of aryl methyl sites for hydroxylation is 1. The molecule has 0 bridgehead atoms. The van der Waals surface area contributed by atoms with E-state index in [1.807, 2.05) is 41.1 Å². The summed E-state index contributed by atoms with van der Waals surface area (Å²) in [6.07, 6.45) is 1.11. The first-order chi connectivity index (χ1) is 11.7. The first-order valence-corrected chi connectivity index (χ1v) is 9.18. The lowest BCUT2D eigenvalue weighted by Gasteiger charge is -2.23. The van der Waals surface area contributed by atoms with Gasteiger partial charge in [-0.15, -0.1) is 0 Å². The van der Waals surface area contributed by atoms with Gasteiger partial charge in [-0.1, -0.05) is 11.3 Å². The van der Waals surface area contributed by atoms with Gasteiger partial charge >= 0.3 is 4.87 Å². The third-order valence-electron chi connectivity index (χ3n) is 4.57. The Morgan fingerprint density at radius 3 is 2.58 bits per heavy atom. The van der Waals surface area contributed by atoms with Gasteiger partial charge in [-0.05, 0) is 44.2 Å². The average Bonchev–Trinajstić information content (AvgIpc) is 2.80. The molecular weight excluding hydrogens is 320 g/mol. The first kappa shape index (κ1) is 16.7. The van der Waals surface area contributed by atoms with Crippen LogP contribution in [0.25, 0.3) is 0 Å². The van der Waals surface area contributed by atoms with Gasteiger partial charge in [0.25, 0.3) is 0 Å². The van der Waals surface area contributed by atoms with Crippen LogP contribution in [0.1, 0.15) is 17.7 Å². The Hall–Kier alpha value is -2.10. The summed E-state index contributed by atoms with van der Waals surface area (Å²) in [5, 5.41) is 10.8. The molecule has 0 radical (unpaired) electrons. The molecule has 0 aliphatic carbocycles. The molecule has 24 heavy (non-hydrogen) atoms. The molecule has 126 valence electrons. The molecule has 1 aromatic carbocycles. The maximum Gasteiger partial charge on any atom is 0.307 e. The minimum atomic E-state index is 0.140. The molecule has 1 saturated heterocycles. The van der Waals surface area contributed by atoms with Gasteiger partial charge in [0.1, 0.15) is 0 Å². The summed E-state index contributed by atoms with van der Waals surface area (Å²) in [4.78, 5) is 16.8. The molecule has 1 aliphatic rings. The fraction of sp³-hybridized carbons (Fsp3) is 0.444. The van der Waals surface area contributed by atoms with E-state index >= 15 is 0 Å². The molecule has 1 aliphatic heterocycles. The van der Waals surface area contributed by atoms with E-state index in [1.54, 1.807) is 0 Å². The van der Waals surface area contributed by atoms with Gasteiger partial charge in [-0.25, -0.2) is 0 Å². The lowest BCUT2D eigenvalue weighted by Crippen LogP contribution is -2.34. The molecule has 0 saturated carbocycles. The van der Waals surface area contributed by atoms with Crippen molar-refractivity contribution in [1.29, 1.82) is 5.26 Å². The van der Waals surface area contributed by atoms with Crippen LogP contribution in [0.5, 0.6) is 0 Å². The van der Waals surface area contributed by atoms with Crippen molar-refractivity contribution in [3.63, 3.8) is 0 Å². The van der Waals surface area contributed by atoms with Crippen LogP contribution in [0.15, 0.2) is 34.4 Å². The summed E-state index contributed by atoms with van der Waals surface area (Å²) in [6.45, 7) is 7.74. The van der Waals surface area contributed by atoms with Gasteiger partial charge in [-0.2, -0.15) is 5.26 Å². The molecule has 1 fully saturated rings. The zero-order chi connectivity index (χ0) is 16.9. The lowest BCUT2D eigenvalue weighted by atomic mass is 10.2. The van der Waals surface area contributed by atoms with Crippen molar-refractivity contribution in [1.82, 2.24) is 9.47 Å². The number of benzene rings is 1. The number of hydrogen-bond acceptors (Lipinski definition) is 5. The zero-order valence-electron chi connectivity index (χ0n) is 13.9. The third kappa shape index (κ3) is 3.86. The molecule has 0 N–H and O–H groups in total. The van der Waals surface area contributed by atoms with E-state index in [1.165, 1.54) is 17.0 Å². The molecular formula is C18H22N4OS. The highest BCUT2D eigenvalue weighted by Gasteiger charge is 2.15. The Morgan fingerprint density at radius 2 is 1.92 bits per heavy atom. The number of aromatic nitrogens is 1. The largest absolute Gasteiger partial charge is 0.370 e. The molecule has 0 unspecified atom stereocenters. The van der Waals surface area contributed by atoms with Crippen molar-refractivity contribution >= 4 is 17.0 Å². The first-order valence-electron chi connectivity index (χ1n) is 8.30. The lowest BCUT2D eigenvalue weighted by molar-refractivity contribution is 0.279. The standard InChI is InChI=1S/C18H22N4OS/c1-15-14-24-18(23)22(15)12-10-20-7-2-8-21(11-9-20)17-5-3-16(13-19)4-6-17/h3-6,14H,2,7-12H2,1H3. The van der Waals surface area contributed by atoms with Crippen LogP contribution in [-0.2, 0) is 6.54 Å². The topological polar surface area (TPSA) is 52.3 Å². The molecule has 0 amide bonds. The van der Waals surface area contributed by atoms with Crippen LogP contribution < -0.4 is 9.77 Å². The summed E-state index contributed by atoms with van der Waals surface area (Å²) >= 11 is 1.28. The number of nitriles is 1. The average molecular weight is 342 g/mol. The second kappa shape index (κ2) is 7.65. The number of anilines is 1. The van der Waals surface area contributed by atoms with Gasteiger partial charge in [-0.3, -0.25) is 9.69 Å². The van der Waals surface area contributed by atoms with Crippen LogP contribution in [0.2, 0.25) is 0 Å². The Bertz CT molecular complexity index is 772. The van der Waals surface area contributed by atoms with Crippen molar-refractivity contribution in [2.45, 2.75) is 19.9 Å². The fourth-order valence-corrected chi connectivity index (χ4v) is 3.88. The normalized spacial score (nSPS) is 15.9. The highest BCUT2D eigenvalue weighted by atomic mass is 32.1. The number of thiazole rings is 1. The van der Waals surface area contributed by atoms with Gasteiger partial charge in [0, 0.05) is 49.5 Å². The fourth-order valence-electron chi connectivity index (χ4n) is 3.12. The molecule has 2 heterocycles. The second-order valence-corrected chi connectivity index (χ2v) is 6.96. The van der Waals surface area contributed by atoms with E-state index < -0.39 is 0 Å². The minimum Gasteiger partial charge on any atom is -0.370 e. The van der Waals surface area contributed by atoms with Crippen LogP contribution >= 0.6 is 11.3 Å². The quantitative estimate of drug-likeness (QED) is 0.855. The van der Waals surface area contributed by atoms with Crippen LogP contribution in [0.3, 0.4) is 0 Å². The van der Waals surface area contributed by atoms with Crippen molar-refractivity contribution in [3.8, 4) is 6.07 Å². The molecule has 0 spiro atoms. The van der Waals surface area contributed by atoms with E-state index in [0.29, 0.717) is 5.56 Å². The Kier molecular flexibility index (Phi) is 5.34. The SMILES string of the molecule is Cc1csc(=O)n1CCN1CCCN(c2ccc(C#N)cc2)CC1. The molecule has 3 rings (SSSR count). The van der Waals surface area contributed by atoms with Crippen LogP contribution in [-0.4, -0.2) is 42.2 Å². The summed E-state index contributed by atoms with van der Waals surface area (Å²) in [7, 11) is 0. The van der Waals surface area contributed by atoms with Crippen molar-refractivity contribution in [2.75, 3.05) is 37.6 Å². The highest BCUT2D eigenvalue weighted by Crippen LogP contribution is 2.17. The van der Waals surface area contributed by atoms with E-state index in [9.17, 15) is 4.79 Å². The molecule has 1 aromatic heterocycles. The number of nitrogens with zero attached hydrogens (tertiary/aromatic N) is 4. The van der Waals surface area contributed by atoms with Gasteiger partial charge in [0.05, 0.1) is 11.6 Å². The van der Waals surface area contributed by atoms with Gasteiger partial charge in [0.2, 0.25) is 0 Å². The van der Waals surface area contributed by atoms with E-state index in [2.05, 4.69) is 15.9 Å². The Balaban J connectivity index is 1.56. The Labute approximate surface area is 146 Å². The molecule has 5 nitrogen and oxygen atoms in total. The molecule has 0 atom stereocenters. The van der Waals surface area contributed by atoms with E-state index in [0.717, 1.165) is 51.4 Å². The smallest absolute Gasteiger partial charge is 0.307 e. The predicted octanol–water partition coefficient (Wildman–Crippen LogP) is 2.30. The third-order valence-corrected chi connectivity index (χ3v) is 5.45. The van der Waals surface area contributed by atoms with Crippen molar-refractivity contribution < 1.29 is 0 Å². The second-order valence-electron chi connectivity index (χ2n) is 6.14. The molecule has 2 aromatic rings. The van der Waals surface area contributed by atoms with Gasteiger partial charge in [0.15, 0.2) is 0 Å². The number of rotatable bonds is 4. The monoisotopic (exact) mass is 342 g/mol. The maximum atomic E-state index is 11.8. The highest BCUT2D eigenvalue weighted by molar-refractivity contribution is 7.07. The summed E-state index contributed by atoms with van der Waals surface area (Å²) < 4.78 is 1.87. The van der Waals surface area contributed by atoms with Crippen molar-refractivity contribution in [3.05, 3.63) is 50.6 Å². The Morgan fingerprint density at radius 1 is 1.12 bits per heavy atom. The van der Waals surface area contributed by atoms with Crippen LogP contribution in [0.4, 0.5) is 5.69 Å².